The predicted molar refractivity (Wildman–Crippen MR) is 98.2 cm³/mol. The van der Waals surface area contributed by atoms with Crippen LogP contribution >= 0.6 is 0 Å². The number of hydrogen-bond acceptors (Lipinski definition) is 5. The van der Waals surface area contributed by atoms with E-state index in [0.29, 0.717) is 0 Å². The maximum absolute atomic E-state index is 13.5. The molecular weight excluding hydrogens is 429 g/mol. The van der Waals surface area contributed by atoms with Crippen molar-refractivity contribution in [3.05, 3.63) is 30.3 Å². The number of alkyl halides is 3. The van der Waals surface area contributed by atoms with Crippen molar-refractivity contribution in [1.29, 1.82) is 0 Å². The second-order valence-electron chi connectivity index (χ2n) is 7.61. The van der Waals surface area contributed by atoms with Gasteiger partial charge in [0.25, 0.3) is 0 Å². The smallest absolute Gasteiger partial charge is 0.407 e. The number of amides is 1. The zero-order chi connectivity index (χ0) is 22.2. The third kappa shape index (κ3) is 4.71. The average molecular weight is 452 g/mol. The summed E-state index contributed by atoms with van der Waals surface area (Å²) in [5.74, 6) is -2.28. The summed E-state index contributed by atoms with van der Waals surface area (Å²) in [5.41, 5.74) is -1.10. The number of carboxylic acid groups (broad SMARTS) is 1. The quantitative estimate of drug-likeness (QED) is 0.628. The van der Waals surface area contributed by atoms with E-state index in [0.717, 1.165) is 4.90 Å². The zero-order valence-electron chi connectivity index (χ0n) is 15.9. The number of nitrogens with one attached hydrogen (secondary N) is 1. The number of likely N-dealkylation sites (tertiary alicyclic amines) is 1. The minimum Gasteiger partial charge on any atom is -0.465 e. The number of aliphatic hydroxyl groups is 1. The Morgan fingerprint density at radius 3 is 2.37 bits per heavy atom. The maximum Gasteiger partial charge on any atom is 0.407 e. The number of piperidine rings is 1. The summed E-state index contributed by atoms with van der Waals surface area (Å²) in [7, 11) is -4.13. The van der Waals surface area contributed by atoms with Gasteiger partial charge in [0.2, 0.25) is 10.0 Å². The van der Waals surface area contributed by atoms with Crippen LogP contribution in [0, 0.1) is 5.92 Å². The predicted octanol–water partition coefficient (Wildman–Crippen LogP) is 1.81. The first-order valence-corrected chi connectivity index (χ1v) is 10.9. The molecule has 1 spiro atoms. The summed E-state index contributed by atoms with van der Waals surface area (Å²) in [5, 5.41) is 18.5. The van der Waals surface area contributed by atoms with Gasteiger partial charge in [-0.25, -0.2) is 17.9 Å². The minimum atomic E-state index is -4.80. The van der Waals surface area contributed by atoms with Crippen LogP contribution < -0.4 is 4.72 Å². The van der Waals surface area contributed by atoms with Crippen molar-refractivity contribution in [3.8, 4) is 0 Å². The van der Waals surface area contributed by atoms with Crippen molar-refractivity contribution in [3.63, 3.8) is 0 Å². The molecule has 3 atom stereocenters. The molecule has 3 N–H and O–H groups in total. The first-order chi connectivity index (χ1) is 14.0. The second kappa shape index (κ2) is 8.33. The van der Waals surface area contributed by atoms with Crippen molar-refractivity contribution in [2.24, 2.45) is 5.92 Å². The number of nitrogens with zero attached hydrogens (tertiary/aromatic N) is 1. The average Bonchev–Trinajstić information content (AvgIpc) is 2.98. The van der Waals surface area contributed by atoms with Crippen molar-refractivity contribution in [2.75, 3.05) is 19.7 Å². The fourth-order valence-electron chi connectivity index (χ4n) is 4.10. The van der Waals surface area contributed by atoms with Gasteiger partial charge in [0.05, 0.1) is 29.2 Å². The lowest BCUT2D eigenvalue weighted by molar-refractivity contribution is -0.225. The summed E-state index contributed by atoms with van der Waals surface area (Å²) < 4.78 is 74.1. The van der Waals surface area contributed by atoms with Gasteiger partial charge in [0, 0.05) is 13.1 Å². The van der Waals surface area contributed by atoms with Gasteiger partial charge in [0.1, 0.15) is 5.92 Å². The molecule has 1 aromatic carbocycles. The van der Waals surface area contributed by atoms with Gasteiger partial charge in [-0.1, -0.05) is 18.2 Å². The normalized spacial score (nSPS) is 25.4. The van der Waals surface area contributed by atoms with Crippen LogP contribution in [0.4, 0.5) is 18.0 Å². The van der Waals surface area contributed by atoms with Gasteiger partial charge in [-0.15, -0.1) is 0 Å². The molecule has 0 bridgehead atoms. The van der Waals surface area contributed by atoms with E-state index in [1.54, 1.807) is 6.07 Å². The Morgan fingerprint density at radius 1 is 1.27 bits per heavy atom. The fraction of sp³-hybridized carbons (Fsp3) is 0.611. The van der Waals surface area contributed by atoms with E-state index < -0.39 is 52.6 Å². The van der Waals surface area contributed by atoms with Crippen LogP contribution in [0.5, 0.6) is 0 Å². The lowest BCUT2D eigenvalue weighted by Gasteiger charge is -2.38. The molecule has 30 heavy (non-hydrogen) atoms. The van der Waals surface area contributed by atoms with E-state index in [1.807, 2.05) is 0 Å². The van der Waals surface area contributed by atoms with Gasteiger partial charge in [-0.05, 0) is 31.4 Å². The Hall–Kier alpha value is -1.89. The van der Waals surface area contributed by atoms with E-state index in [4.69, 9.17) is 9.84 Å². The largest absolute Gasteiger partial charge is 0.465 e. The molecule has 8 nitrogen and oxygen atoms in total. The number of rotatable bonds is 5. The van der Waals surface area contributed by atoms with Crippen LogP contribution in [0.3, 0.4) is 0 Å². The van der Waals surface area contributed by atoms with E-state index in [2.05, 4.69) is 4.72 Å². The Balaban J connectivity index is 1.87. The number of aliphatic hydroxyl groups excluding tert-OH is 1. The molecule has 1 aromatic rings. The molecule has 0 radical (unpaired) electrons. The molecule has 0 aliphatic carbocycles. The monoisotopic (exact) mass is 452 g/mol. The summed E-state index contributed by atoms with van der Waals surface area (Å²) in [4.78, 5) is 12.2. The molecule has 2 saturated heterocycles. The Morgan fingerprint density at radius 2 is 1.87 bits per heavy atom. The summed E-state index contributed by atoms with van der Waals surface area (Å²) >= 11 is 0. The molecule has 2 fully saturated rings. The van der Waals surface area contributed by atoms with E-state index >= 15 is 0 Å². The maximum atomic E-state index is 13.5. The van der Waals surface area contributed by atoms with Gasteiger partial charge in [-0.2, -0.15) is 13.2 Å². The van der Waals surface area contributed by atoms with Crippen LogP contribution in [-0.4, -0.2) is 73.2 Å². The molecule has 1 amide bonds. The van der Waals surface area contributed by atoms with E-state index in [-0.39, 0.29) is 37.2 Å². The number of benzene rings is 1. The molecule has 2 aliphatic rings. The van der Waals surface area contributed by atoms with Crippen LogP contribution in [-0.2, 0) is 14.8 Å². The highest BCUT2D eigenvalue weighted by Gasteiger charge is 2.57. The van der Waals surface area contributed by atoms with Crippen LogP contribution in [0.15, 0.2) is 35.2 Å². The molecule has 168 valence electrons. The summed E-state index contributed by atoms with van der Waals surface area (Å²) in [6.45, 7) is -1.12. The van der Waals surface area contributed by atoms with Crippen LogP contribution in [0.25, 0.3) is 0 Å². The lowest BCUT2D eigenvalue weighted by atomic mass is 9.86. The Bertz CT molecular complexity index is 856. The molecule has 1 unspecified atom stereocenters. The lowest BCUT2D eigenvalue weighted by Crippen LogP contribution is -2.49. The highest BCUT2D eigenvalue weighted by atomic mass is 32.2. The van der Waals surface area contributed by atoms with Crippen molar-refractivity contribution < 1.29 is 41.3 Å². The third-order valence-electron chi connectivity index (χ3n) is 5.69. The van der Waals surface area contributed by atoms with E-state index in [9.17, 15) is 31.5 Å². The van der Waals surface area contributed by atoms with E-state index in [1.165, 1.54) is 24.3 Å². The van der Waals surface area contributed by atoms with Gasteiger partial charge in [0.15, 0.2) is 0 Å². The molecule has 12 heteroatoms. The SMILES string of the molecule is O=C(O)N1CCC2(CC1)C[C@H](NS(=O)(=O)c1ccccc1)[C@@H](C(CO)C(F)(F)F)O2. The molecule has 0 saturated carbocycles. The highest BCUT2D eigenvalue weighted by Crippen LogP contribution is 2.45. The molecule has 2 aliphatic heterocycles. The van der Waals surface area contributed by atoms with Crippen molar-refractivity contribution >= 4 is 16.1 Å². The molecule has 0 aromatic heterocycles. The summed E-state index contributed by atoms with van der Waals surface area (Å²) in [6.07, 6.45) is -7.35. The zero-order valence-corrected chi connectivity index (χ0v) is 16.7. The van der Waals surface area contributed by atoms with Crippen molar-refractivity contribution in [2.45, 2.75) is 48.1 Å². The standard InChI is InChI=1S/C18H23F3N2O6S/c19-18(20,21)13(11-24)15-14(22-30(27,28)12-4-2-1-3-5-12)10-17(29-15)6-8-23(9-7-17)16(25)26/h1-5,13-15,22,24H,6-11H2,(H,25,26)/t13?,14-,15+/m0/s1. The van der Waals surface area contributed by atoms with Crippen LogP contribution in [0.1, 0.15) is 19.3 Å². The van der Waals surface area contributed by atoms with Crippen LogP contribution in [0.2, 0.25) is 0 Å². The number of sulfonamides is 1. The third-order valence-corrected chi connectivity index (χ3v) is 7.20. The Labute approximate surface area is 171 Å². The van der Waals surface area contributed by atoms with Gasteiger partial charge >= 0.3 is 12.3 Å². The fourth-order valence-corrected chi connectivity index (χ4v) is 5.36. The number of carbonyl (C=O) groups is 1. The van der Waals surface area contributed by atoms with Crippen molar-refractivity contribution in [1.82, 2.24) is 9.62 Å². The Kier molecular flexibility index (Phi) is 6.33. The highest BCUT2D eigenvalue weighted by molar-refractivity contribution is 7.89. The summed E-state index contributed by atoms with van der Waals surface area (Å²) in [6, 6.07) is 6.00. The number of halogens is 3. The van der Waals surface area contributed by atoms with Gasteiger partial charge < -0.3 is 19.8 Å². The minimum absolute atomic E-state index is 0.0518. The number of hydrogen-bond donors (Lipinski definition) is 3. The second-order valence-corrected chi connectivity index (χ2v) is 9.32. The molecular formula is C18H23F3N2O6S. The topological polar surface area (TPSA) is 116 Å². The first kappa shape index (κ1) is 22.8. The number of ether oxygens (including phenoxy) is 1. The molecule has 2 heterocycles. The van der Waals surface area contributed by atoms with Gasteiger partial charge in [-0.3, -0.25) is 0 Å². The first-order valence-electron chi connectivity index (χ1n) is 9.38. The molecule has 3 rings (SSSR count).